The van der Waals surface area contributed by atoms with Crippen LogP contribution >= 0.6 is 0 Å². The van der Waals surface area contributed by atoms with Crippen LogP contribution in [0.25, 0.3) is 0 Å². The van der Waals surface area contributed by atoms with E-state index in [0.29, 0.717) is 6.42 Å². The Morgan fingerprint density at radius 3 is 1.66 bits per heavy atom. The first-order chi connectivity index (χ1) is 17.0. The maximum atomic E-state index is 12.2. The molecule has 0 heterocycles. The van der Waals surface area contributed by atoms with Crippen LogP contribution in [-0.4, -0.2) is 46.1 Å². The molecular formula is C30H59NO4. The van der Waals surface area contributed by atoms with Crippen LogP contribution in [0.2, 0.25) is 0 Å². The molecule has 0 rings (SSSR count). The summed E-state index contributed by atoms with van der Waals surface area (Å²) >= 11 is 0. The summed E-state index contributed by atoms with van der Waals surface area (Å²) in [4.78, 5) is 12.2. The molecule has 0 aliphatic heterocycles. The van der Waals surface area contributed by atoms with Gasteiger partial charge >= 0.3 is 0 Å². The van der Waals surface area contributed by atoms with Crippen LogP contribution in [0.1, 0.15) is 149 Å². The van der Waals surface area contributed by atoms with E-state index in [4.69, 9.17) is 0 Å². The highest BCUT2D eigenvalue weighted by atomic mass is 16.3. The molecule has 0 aliphatic carbocycles. The predicted octanol–water partition coefficient (Wildman–Crippen LogP) is 6.97. The number of hydrogen-bond acceptors (Lipinski definition) is 4. The Hall–Kier alpha value is -0.910. The largest absolute Gasteiger partial charge is 0.394 e. The van der Waals surface area contributed by atoms with E-state index in [9.17, 15) is 20.1 Å². The van der Waals surface area contributed by atoms with Crippen molar-refractivity contribution < 1.29 is 20.1 Å². The number of allylic oxidation sites excluding steroid dienone is 1. The number of unbranched alkanes of at least 4 members (excludes halogenated alkanes) is 17. The monoisotopic (exact) mass is 497 g/mol. The van der Waals surface area contributed by atoms with Crippen molar-refractivity contribution in [1.29, 1.82) is 0 Å². The van der Waals surface area contributed by atoms with Gasteiger partial charge in [0.25, 0.3) is 0 Å². The molecule has 3 unspecified atom stereocenters. The van der Waals surface area contributed by atoms with Gasteiger partial charge in [0.05, 0.1) is 31.3 Å². The van der Waals surface area contributed by atoms with Crippen LogP contribution in [0, 0.1) is 0 Å². The van der Waals surface area contributed by atoms with Gasteiger partial charge in [-0.2, -0.15) is 0 Å². The number of rotatable bonds is 26. The summed E-state index contributed by atoms with van der Waals surface area (Å²) in [6.07, 6.45) is 26.1. The average Bonchev–Trinajstić information content (AvgIpc) is 2.84. The Bertz CT molecular complexity index is 483. The van der Waals surface area contributed by atoms with Crippen molar-refractivity contribution in [2.75, 3.05) is 6.61 Å². The van der Waals surface area contributed by atoms with E-state index < -0.39 is 18.2 Å². The SMILES string of the molecule is CCCCCCCCCC/C=C/C(O)C(CO)NC(=O)CC(O)CCCCCCCCCCCC. The molecule has 5 heteroatoms. The topological polar surface area (TPSA) is 89.8 Å². The molecule has 0 aromatic carbocycles. The average molecular weight is 498 g/mol. The summed E-state index contributed by atoms with van der Waals surface area (Å²) in [5.74, 6) is -0.320. The van der Waals surface area contributed by atoms with E-state index in [0.717, 1.165) is 25.7 Å². The fourth-order valence-electron chi connectivity index (χ4n) is 4.45. The molecule has 3 atom stereocenters. The molecule has 5 nitrogen and oxygen atoms in total. The Morgan fingerprint density at radius 2 is 1.17 bits per heavy atom. The van der Waals surface area contributed by atoms with Crippen molar-refractivity contribution >= 4 is 5.91 Å². The summed E-state index contributed by atoms with van der Waals surface area (Å²) in [6, 6.07) is -0.734. The lowest BCUT2D eigenvalue weighted by molar-refractivity contribution is -0.124. The number of nitrogens with one attached hydrogen (secondary N) is 1. The molecule has 0 bridgehead atoms. The first-order valence-corrected chi connectivity index (χ1v) is 15.0. The zero-order valence-electron chi connectivity index (χ0n) is 23.2. The van der Waals surface area contributed by atoms with Gasteiger partial charge in [-0.05, 0) is 19.3 Å². The lowest BCUT2D eigenvalue weighted by atomic mass is 10.0. The third kappa shape index (κ3) is 23.3. The summed E-state index contributed by atoms with van der Waals surface area (Å²) in [7, 11) is 0. The number of amides is 1. The predicted molar refractivity (Wildman–Crippen MR) is 148 cm³/mol. The van der Waals surface area contributed by atoms with Gasteiger partial charge in [0.15, 0.2) is 0 Å². The van der Waals surface area contributed by atoms with Crippen LogP contribution in [0.3, 0.4) is 0 Å². The lowest BCUT2D eigenvalue weighted by Gasteiger charge is -2.21. The van der Waals surface area contributed by atoms with E-state index >= 15 is 0 Å². The van der Waals surface area contributed by atoms with Gasteiger partial charge in [-0.15, -0.1) is 0 Å². The molecule has 0 spiro atoms. The van der Waals surface area contributed by atoms with Crippen LogP contribution in [-0.2, 0) is 4.79 Å². The zero-order chi connectivity index (χ0) is 26.0. The van der Waals surface area contributed by atoms with Crippen molar-refractivity contribution in [3.63, 3.8) is 0 Å². The van der Waals surface area contributed by atoms with E-state index in [1.54, 1.807) is 6.08 Å². The Kier molecular flexibility index (Phi) is 25.5. The zero-order valence-corrected chi connectivity index (χ0v) is 23.2. The summed E-state index contributed by atoms with van der Waals surface area (Å²) in [6.45, 7) is 4.14. The fraction of sp³-hybridized carbons (Fsp3) is 0.900. The van der Waals surface area contributed by atoms with Gasteiger partial charge in [-0.25, -0.2) is 0 Å². The molecule has 4 N–H and O–H groups in total. The normalized spacial score (nSPS) is 14.3. The van der Waals surface area contributed by atoms with Crippen LogP contribution in [0.15, 0.2) is 12.2 Å². The number of carbonyl (C=O) groups excluding carboxylic acids is 1. The number of carbonyl (C=O) groups is 1. The van der Waals surface area contributed by atoms with Gasteiger partial charge in [0, 0.05) is 0 Å². The number of aliphatic hydroxyl groups excluding tert-OH is 3. The van der Waals surface area contributed by atoms with Gasteiger partial charge in [0.2, 0.25) is 5.91 Å². The third-order valence-corrected chi connectivity index (χ3v) is 6.82. The molecular weight excluding hydrogens is 438 g/mol. The van der Waals surface area contributed by atoms with Gasteiger partial charge < -0.3 is 20.6 Å². The van der Waals surface area contributed by atoms with Crippen LogP contribution < -0.4 is 5.32 Å². The highest BCUT2D eigenvalue weighted by Crippen LogP contribution is 2.13. The van der Waals surface area contributed by atoms with E-state index in [1.165, 1.54) is 96.3 Å². The Morgan fingerprint density at radius 1 is 0.714 bits per heavy atom. The Labute approximate surface area is 217 Å². The Balaban J connectivity index is 3.83. The smallest absolute Gasteiger partial charge is 0.222 e. The maximum Gasteiger partial charge on any atom is 0.222 e. The van der Waals surface area contributed by atoms with Crippen molar-refractivity contribution in [2.45, 2.75) is 167 Å². The van der Waals surface area contributed by atoms with Crippen LogP contribution in [0.5, 0.6) is 0 Å². The second-order valence-electron chi connectivity index (χ2n) is 10.4. The molecule has 0 aromatic heterocycles. The maximum absolute atomic E-state index is 12.2. The molecule has 0 saturated heterocycles. The minimum Gasteiger partial charge on any atom is -0.394 e. The molecule has 0 fully saturated rings. The lowest BCUT2D eigenvalue weighted by Crippen LogP contribution is -2.45. The van der Waals surface area contributed by atoms with Crippen LogP contribution in [0.4, 0.5) is 0 Å². The second-order valence-corrected chi connectivity index (χ2v) is 10.4. The molecule has 0 saturated carbocycles. The number of hydrogen-bond donors (Lipinski definition) is 4. The van der Waals surface area contributed by atoms with Crippen molar-refractivity contribution in [1.82, 2.24) is 5.32 Å². The molecule has 208 valence electrons. The highest BCUT2D eigenvalue weighted by molar-refractivity contribution is 5.76. The minimum absolute atomic E-state index is 0.0165. The van der Waals surface area contributed by atoms with Gasteiger partial charge in [-0.3, -0.25) is 4.79 Å². The molecule has 0 radical (unpaired) electrons. The number of aliphatic hydroxyl groups is 3. The molecule has 0 aliphatic rings. The fourth-order valence-corrected chi connectivity index (χ4v) is 4.45. The summed E-state index contributed by atoms with van der Waals surface area (Å²) in [5.41, 5.74) is 0. The van der Waals surface area contributed by atoms with Crippen molar-refractivity contribution in [3.05, 3.63) is 12.2 Å². The van der Waals surface area contributed by atoms with Gasteiger partial charge in [0.1, 0.15) is 0 Å². The summed E-state index contributed by atoms with van der Waals surface area (Å²) in [5, 5.41) is 32.7. The molecule has 1 amide bonds. The third-order valence-electron chi connectivity index (χ3n) is 6.82. The van der Waals surface area contributed by atoms with Gasteiger partial charge in [-0.1, -0.05) is 135 Å². The van der Waals surface area contributed by atoms with Crippen molar-refractivity contribution in [3.8, 4) is 0 Å². The second kappa shape index (κ2) is 26.2. The minimum atomic E-state index is -0.919. The highest BCUT2D eigenvalue weighted by Gasteiger charge is 2.20. The van der Waals surface area contributed by atoms with Crippen molar-refractivity contribution in [2.24, 2.45) is 0 Å². The first kappa shape index (κ1) is 34.1. The molecule has 0 aromatic rings. The molecule has 35 heavy (non-hydrogen) atoms. The quantitative estimate of drug-likeness (QED) is 0.0767. The first-order valence-electron chi connectivity index (χ1n) is 15.0. The van der Waals surface area contributed by atoms with E-state index in [-0.39, 0.29) is 18.9 Å². The summed E-state index contributed by atoms with van der Waals surface area (Å²) < 4.78 is 0. The van der Waals surface area contributed by atoms with E-state index in [2.05, 4.69) is 19.2 Å². The standard InChI is InChI=1S/C30H59NO4/c1-3-5-7-9-11-13-15-17-19-21-23-27(33)25-30(35)31-28(26-32)29(34)24-22-20-18-16-14-12-10-8-6-4-2/h22,24,27-29,32-34H,3-21,23,25-26H2,1-2H3,(H,31,35)/b24-22+. The van der Waals surface area contributed by atoms with E-state index in [1.807, 2.05) is 6.08 Å².